The van der Waals surface area contributed by atoms with Crippen LogP contribution in [0.1, 0.15) is 24.0 Å². The van der Waals surface area contributed by atoms with Crippen LogP contribution >= 0.6 is 11.8 Å². The Balaban J connectivity index is 1.82. The fraction of sp³-hybridized carbons (Fsp3) is 0.250. The van der Waals surface area contributed by atoms with Gasteiger partial charge in [-0.1, -0.05) is 12.1 Å². The number of rotatable bonds is 8. The molecular formula is C20H22N2O4S. The molecule has 3 N–H and O–H groups in total. The molecule has 0 saturated heterocycles. The van der Waals surface area contributed by atoms with Crippen molar-refractivity contribution in [1.29, 1.82) is 0 Å². The number of amides is 2. The van der Waals surface area contributed by atoms with Crippen LogP contribution in [0.15, 0.2) is 47.4 Å². The number of carbonyl (C=O) groups excluding carboxylic acids is 2. The molecule has 0 atom stereocenters. The van der Waals surface area contributed by atoms with E-state index < -0.39 is 5.97 Å². The number of hydrogen-bond donors (Lipinski definition) is 3. The van der Waals surface area contributed by atoms with E-state index in [1.165, 1.54) is 11.8 Å². The summed E-state index contributed by atoms with van der Waals surface area (Å²) in [5, 5.41) is 14.1. The lowest BCUT2D eigenvalue weighted by atomic mass is 10.1. The van der Waals surface area contributed by atoms with Crippen molar-refractivity contribution in [3.8, 4) is 0 Å². The number of aryl methyl sites for hydroxylation is 2. The van der Waals surface area contributed by atoms with Crippen LogP contribution in [-0.4, -0.2) is 28.6 Å². The van der Waals surface area contributed by atoms with Gasteiger partial charge in [-0.3, -0.25) is 14.4 Å². The molecule has 0 aliphatic carbocycles. The molecular weight excluding hydrogens is 364 g/mol. The van der Waals surface area contributed by atoms with Crippen LogP contribution in [0.3, 0.4) is 0 Å². The van der Waals surface area contributed by atoms with Crippen LogP contribution in [0.5, 0.6) is 0 Å². The van der Waals surface area contributed by atoms with E-state index in [4.69, 9.17) is 5.11 Å². The van der Waals surface area contributed by atoms with Crippen molar-refractivity contribution in [2.45, 2.75) is 31.6 Å². The Bertz CT molecular complexity index is 834. The topological polar surface area (TPSA) is 95.5 Å². The van der Waals surface area contributed by atoms with Gasteiger partial charge in [-0.15, -0.1) is 11.8 Å². The van der Waals surface area contributed by atoms with Gasteiger partial charge in [0.2, 0.25) is 11.8 Å². The van der Waals surface area contributed by atoms with Gasteiger partial charge in [0.15, 0.2) is 0 Å². The summed E-state index contributed by atoms with van der Waals surface area (Å²) in [4.78, 5) is 35.1. The number of thioether (sulfide) groups is 1. The second kappa shape index (κ2) is 9.78. The molecule has 0 unspecified atom stereocenters. The average Bonchev–Trinajstić information content (AvgIpc) is 2.62. The molecule has 0 heterocycles. The summed E-state index contributed by atoms with van der Waals surface area (Å²) < 4.78 is 0. The van der Waals surface area contributed by atoms with Gasteiger partial charge < -0.3 is 15.7 Å². The van der Waals surface area contributed by atoms with E-state index >= 15 is 0 Å². The van der Waals surface area contributed by atoms with Gasteiger partial charge in [0.05, 0.1) is 12.2 Å². The zero-order valence-electron chi connectivity index (χ0n) is 15.2. The highest BCUT2D eigenvalue weighted by atomic mass is 32.2. The molecule has 0 radical (unpaired) electrons. The van der Waals surface area contributed by atoms with Crippen molar-refractivity contribution in [1.82, 2.24) is 0 Å². The van der Waals surface area contributed by atoms with Gasteiger partial charge >= 0.3 is 5.97 Å². The number of hydrogen-bond acceptors (Lipinski definition) is 4. The first-order chi connectivity index (χ1) is 12.8. The number of carboxylic acid groups (broad SMARTS) is 1. The third-order valence-corrected chi connectivity index (χ3v) is 4.75. The van der Waals surface area contributed by atoms with E-state index in [0.29, 0.717) is 5.69 Å². The van der Waals surface area contributed by atoms with Crippen LogP contribution in [0, 0.1) is 13.8 Å². The summed E-state index contributed by atoms with van der Waals surface area (Å²) in [6, 6.07) is 13.0. The zero-order valence-corrected chi connectivity index (χ0v) is 16.1. The predicted molar refractivity (Wildman–Crippen MR) is 107 cm³/mol. The van der Waals surface area contributed by atoms with E-state index in [2.05, 4.69) is 10.6 Å². The molecule has 0 aromatic heterocycles. The van der Waals surface area contributed by atoms with Gasteiger partial charge in [0, 0.05) is 22.7 Å². The lowest BCUT2D eigenvalue weighted by Gasteiger charge is -2.09. The summed E-state index contributed by atoms with van der Waals surface area (Å²) in [5.74, 6) is -1.15. The number of benzene rings is 2. The number of carboxylic acids is 1. The quantitative estimate of drug-likeness (QED) is 0.599. The Morgan fingerprint density at radius 2 is 1.63 bits per heavy atom. The summed E-state index contributed by atoms with van der Waals surface area (Å²) in [6.45, 7) is 3.93. The predicted octanol–water partition coefficient (Wildman–Crippen LogP) is 3.84. The molecule has 27 heavy (non-hydrogen) atoms. The van der Waals surface area contributed by atoms with E-state index in [0.717, 1.165) is 21.7 Å². The molecule has 2 rings (SSSR count). The van der Waals surface area contributed by atoms with Gasteiger partial charge in [0.1, 0.15) is 0 Å². The summed E-state index contributed by atoms with van der Waals surface area (Å²) in [7, 11) is 0. The molecule has 6 nitrogen and oxygen atoms in total. The Morgan fingerprint density at radius 3 is 2.30 bits per heavy atom. The van der Waals surface area contributed by atoms with E-state index in [1.54, 1.807) is 12.1 Å². The number of aliphatic carboxylic acids is 1. The first kappa shape index (κ1) is 20.5. The van der Waals surface area contributed by atoms with E-state index in [9.17, 15) is 14.4 Å². The van der Waals surface area contributed by atoms with Crippen molar-refractivity contribution in [2.75, 3.05) is 16.4 Å². The van der Waals surface area contributed by atoms with Crippen LogP contribution in [0.25, 0.3) is 0 Å². The largest absolute Gasteiger partial charge is 0.481 e. The van der Waals surface area contributed by atoms with Crippen molar-refractivity contribution in [2.24, 2.45) is 0 Å². The molecule has 0 fully saturated rings. The van der Waals surface area contributed by atoms with Crippen LogP contribution in [-0.2, 0) is 14.4 Å². The molecule has 2 amide bonds. The Kier molecular flexibility index (Phi) is 7.43. The normalized spacial score (nSPS) is 10.3. The highest BCUT2D eigenvalue weighted by Gasteiger charge is 2.08. The first-order valence-corrected chi connectivity index (χ1v) is 9.43. The highest BCUT2D eigenvalue weighted by Crippen LogP contribution is 2.22. The van der Waals surface area contributed by atoms with Gasteiger partial charge in [-0.05, 0) is 55.3 Å². The molecule has 0 bridgehead atoms. The summed E-state index contributed by atoms with van der Waals surface area (Å²) >= 11 is 1.40. The summed E-state index contributed by atoms with van der Waals surface area (Å²) in [5.41, 5.74) is 3.51. The fourth-order valence-corrected chi connectivity index (χ4v) is 2.98. The van der Waals surface area contributed by atoms with Crippen LogP contribution in [0.4, 0.5) is 11.4 Å². The standard InChI is InChI=1S/C20H22N2O4S/c1-13-3-4-14(2)17(11-13)22-19(24)12-27-16-7-5-15(6-8-16)21-18(23)9-10-20(25)26/h3-8,11H,9-10,12H2,1-2H3,(H,21,23)(H,22,24)(H,25,26). The third-order valence-electron chi connectivity index (χ3n) is 3.74. The maximum atomic E-state index is 12.2. The third kappa shape index (κ3) is 7.15. The second-order valence-corrected chi connectivity index (χ2v) is 7.17. The van der Waals surface area contributed by atoms with Gasteiger partial charge in [0.25, 0.3) is 0 Å². The van der Waals surface area contributed by atoms with E-state index in [-0.39, 0.29) is 30.4 Å². The van der Waals surface area contributed by atoms with Crippen LogP contribution in [0.2, 0.25) is 0 Å². The molecule has 0 aliphatic heterocycles. The van der Waals surface area contributed by atoms with Crippen molar-refractivity contribution in [3.05, 3.63) is 53.6 Å². The van der Waals surface area contributed by atoms with Crippen LogP contribution < -0.4 is 10.6 Å². The highest BCUT2D eigenvalue weighted by molar-refractivity contribution is 8.00. The smallest absolute Gasteiger partial charge is 0.303 e. The van der Waals surface area contributed by atoms with Gasteiger partial charge in [-0.2, -0.15) is 0 Å². The molecule has 2 aromatic carbocycles. The summed E-state index contributed by atoms with van der Waals surface area (Å²) in [6.07, 6.45) is -0.264. The Morgan fingerprint density at radius 1 is 0.926 bits per heavy atom. The first-order valence-electron chi connectivity index (χ1n) is 8.45. The molecule has 0 spiro atoms. The van der Waals surface area contributed by atoms with Crippen molar-refractivity contribution >= 4 is 40.9 Å². The Labute approximate surface area is 162 Å². The molecule has 2 aromatic rings. The SMILES string of the molecule is Cc1ccc(C)c(NC(=O)CSc2ccc(NC(=O)CCC(=O)O)cc2)c1. The zero-order chi connectivity index (χ0) is 19.8. The minimum absolute atomic E-state index is 0.0651. The molecule has 7 heteroatoms. The molecule has 0 saturated carbocycles. The Hall–Kier alpha value is -2.80. The molecule has 0 aliphatic rings. The maximum absolute atomic E-state index is 12.2. The fourth-order valence-electron chi connectivity index (χ4n) is 2.28. The van der Waals surface area contributed by atoms with Gasteiger partial charge in [-0.25, -0.2) is 0 Å². The lowest BCUT2D eigenvalue weighted by molar-refractivity contribution is -0.138. The van der Waals surface area contributed by atoms with Crippen molar-refractivity contribution < 1.29 is 19.5 Å². The van der Waals surface area contributed by atoms with E-state index in [1.807, 2.05) is 44.2 Å². The molecule has 142 valence electrons. The minimum atomic E-state index is -1.00. The number of carbonyl (C=O) groups is 3. The minimum Gasteiger partial charge on any atom is -0.481 e. The maximum Gasteiger partial charge on any atom is 0.303 e. The number of anilines is 2. The number of nitrogens with one attached hydrogen (secondary N) is 2. The lowest BCUT2D eigenvalue weighted by Crippen LogP contribution is -2.15. The van der Waals surface area contributed by atoms with Crippen molar-refractivity contribution in [3.63, 3.8) is 0 Å². The second-order valence-electron chi connectivity index (χ2n) is 6.12. The monoisotopic (exact) mass is 386 g/mol. The average molecular weight is 386 g/mol.